The van der Waals surface area contributed by atoms with Gasteiger partial charge in [-0.25, -0.2) is 24.1 Å². The van der Waals surface area contributed by atoms with E-state index in [2.05, 4.69) is 10.3 Å². The van der Waals surface area contributed by atoms with E-state index in [0.717, 1.165) is 4.90 Å². The number of aliphatic hydroxyl groups is 1. The maximum Gasteiger partial charge on any atom is 0.417 e. The fourth-order valence-corrected chi connectivity index (χ4v) is 7.85. The number of likely N-dealkylation sites (tertiary alicyclic amines) is 1. The van der Waals surface area contributed by atoms with Gasteiger partial charge in [-0.2, -0.15) is 4.48 Å². The molecule has 0 spiro atoms. The van der Waals surface area contributed by atoms with Gasteiger partial charge in [0.2, 0.25) is 11.8 Å². The summed E-state index contributed by atoms with van der Waals surface area (Å²) in [6.45, 7) is 1.61. The first kappa shape index (κ1) is 49.5. The highest BCUT2D eigenvalue weighted by molar-refractivity contribution is 6.05. The number of unbranched alkanes of at least 4 members (excludes halogenated alkanes) is 3. The molecule has 1 aromatic rings. The van der Waals surface area contributed by atoms with E-state index in [-0.39, 0.29) is 77.1 Å². The van der Waals surface area contributed by atoms with Gasteiger partial charge in [0.05, 0.1) is 12.6 Å². The maximum atomic E-state index is 15.7. The van der Waals surface area contributed by atoms with Crippen molar-refractivity contribution < 1.29 is 53.0 Å². The number of carboxylic acid groups (broad SMARTS) is 1. The first-order valence-electron chi connectivity index (χ1n) is 20.9. The van der Waals surface area contributed by atoms with Gasteiger partial charge in [0, 0.05) is 25.8 Å². The minimum absolute atomic E-state index is 0.0103. The van der Waals surface area contributed by atoms with Crippen LogP contribution < -0.4 is 34.0 Å². The van der Waals surface area contributed by atoms with Gasteiger partial charge in [-0.15, -0.1) is 0 Å². The van der Waals surface area contributed by atoms with Gasteiger partial charge in [-0.3, -0.25) is 24.3 Å². The van der Waals surface area contributed by atoms with Crippen LogP contribution in [0.3, 0.4) is 0 Å². The predicted molar refractivity (Wildman–Crippen MR) is 220 cm³/mol. The Hall–Kier alpha value is -4.86. The van der Waals surface area contributed by atoms with Crippen LogP contribution in [0.5, 0.6) is 0 Å². The van der Waals surface area contributed by atoms with Crippen LogP contribution in [-0.2, 0) is 40.1 Å². The van der Waals surface area contributed by atoms with Gasteiger partial charge >= 0.3 is 23.9 Å². The Kier molecular flexibility index (Phi) is 20.1. The van der Waals surface area contributed by atoms with Crippen molar-refractivity contribution in [2.75, 3.05) is 32.7 Å². The molecular formula is C40H65N10O10+. The summed E-state index contributed by atoms with van der Waals surface area (Å²) in [6, 6.07) is 0.721. The maximum absolute atomic E-state index is 15.7. The number of nitrogens with one attached hydrogen (secondary N) is 1. The Labute approximate surface area is 350 Å². The molecule has 3 rings (SSSR count). The number of nitrogens with zero attached hydrogens (tertiary/aromatic N) is 4. The second-order valence-corrected chi connectivity index (χ2v) is 15.4. The van der Waals surface area contributed by atoms with Crippen molar-refractivity contribution in [1.82, 2.24) is 15.1 Å². The smallest absolute Gasteiger partial charge is 0.417 e. The van der Waals surface area contributed by atoms with Crippen molar-refractivity contribution in [3.8, 4) is 0 Å². The molecule has 0 saturated carbocycles. The third kappa shape index (κ3) is 12.8. The summed E-state index contributed by atoms with van der Waals surface area (Å²) in [5, 5.41) is 24.1. The number of amides is 6. The summed E-state index contributed by atoms with van der Waals surface area (Å²) < 4.78 is 4.32. The molecule has 0 aliphatic carbocycles. The molecule has 6 amide bonds. The summed E-state index contributed by atoms with van der Waals surface area (Å²) in [6.07, 6.45) is -0.612. The highest BCUT2D eigenvalue weighted by Gasteiger charge is 2.63. The van der Waals surface area contributed by atoms with Crippen molar-refractivity contribution >= 4 is 47.6 Å². The minimum atomic E-state index is -1.84. The molecule has 2 aliphatic rings. The Balaban J connectivity index is 2.25. The molecule has 0 radical (unpaired) electrons. The monoisotopic (exact) mass is 845 g/mol. The van der Waals surface area contributed by atoms with Gasteiger partial charge in [0.25, 0.3) is 5.91 Å². The molecule has 60 heavy (non-hydrogen) atoms. The molecular weight excluding hydrogens is 780 g/mol. The molecule has 1 unspecified atom stereocenters. The summed E-state index contributed by atoms with van der Waals surface area (Å²) in [5.41, 5.74) is 29.1. The number of carboxylic acids is 1. The number of aliphatic hydroxyl groups excluding tert-OH is 1. The number of nitrogens with two attached hydrogens (primary N) is 5. The highest BCUT2D eigenvalue weighted by Crippen LogP contribution is 2.36. The van der Waals surface area contributed by atoms with Crippen LogP contribution in [0.1, 0.15) is 96.0 Å². The third-order valence-corrected chi connectivity index (χ3v) is 11.1. The zero-order valence-electron chi connectivity index (χ0n) is 34.6. The number of hydrogen-bond acceptors (Lipinski definition) is 14. The minimum Gasteiger partial charge on any atom is -0.480 e. The van der Waals surface area contributed by atoms with Crippen LogP contribution in [-0.4, -0.2) is 141 Å². The van der Waals surface area contributed by atoms with Crippen LogP contribution >= 0.6 is 0 Å². The number of rotatable bonds is 23. The Morgan fingerprint density at radius 3 is 2.17 bits per heavy atom. The van der Waals surface area contributed by atoms with E-state index in [4.69, 9.17) is 33.4 Å². The van der Waals surface area contributed by atoms with E-state index < -0.39 is 82.4 Å². The average molecular weight is 846 g/mol. The lowest BCUT2D eigenvalue weighted by Gasteiger charge is -2.41. The Morgan fingerprint density at radius 2 is 1.57 bits per heavy atom. The second kappa shape index (κ2) is 24.4. The van der Waals surface area contributed by atoms with E-state index in [0.29, 0.717) is 62.1 Å². The third-order valence-electron chi connectivity index (χ3n) is 11.1. The molecule has 0 aromatic heterocycles. The molecule has 1 aromatic carbocycles. The zero-order chi connectivity index (χ0) is 44.4. The molecule has 2 saturated heterocycles. The average Bonchev–Trinajstić information content (AvgIpc) is 3.93. The van der Waals surface area contributed by atoms with E-state index in [9.17, 15) is 29.4 Å². The summed E-state index contributed by atoms with van der Waals surface area (Å²) >= 11 is 0. The summed E-state index contributed by atoms with van der Waals surface area (Å²) in [4.78, 5) is 106. The first-order chi connectivity index (χ1) is 28.6. The second-order valence-electron chi connectivity index (χ2n) is 15.4. The normalized spacial score (nSPS) is 20.6. The molecule has 20 nitrogen and oxygen atoms in total. The number of guanidine groups is 1. The number of ether oxygens (including phenoxy) is 1. The van der Waals surface area contributed by atoms with Gasteiger partial charge in [0.1, 0.15) is 24.7 Å². The molecule has 20 heteroatoms. The first-order valence-corrected chi connectivity index (χ1v) is 20.9. The number of quaternary nitrogens is 1. The molecule has 2 heterocycles. The number of aliphatic imine (C=N–C) groups is 1. The van der Waals surface area contributed by atoms with E-state index in [1.54, 1.807) is 30.3 Å². The lowest BCUT2D eigenvalue weighted by Crippen LogP contribution is -2.72. The largest absolute Gasteiger partial charge is 0.480 e. The van der Waals surface area contributed by atoms with Gasteiger partial charge < -0.3 is 48.9 Å². The molecule has 7 atom stereocenters. The number of hydrogen-bond donors (Lipinski definition) is 8. The number of aliphatic carboxylic acids is 1. The van der Waals surface area contributed by atoms with Gasteiger partial charge in [-0.1, -0.05) is 36.8 Å². The Morgan fingerprint density at radius 1 is 0.900 bits per heavy atom. The molecule has 0 bridgehead atoms. The van der Waals surface area contributed by atoms with Gasteiger partial charge in [0.15, 0.2) is 18.0 Å². The van der Waals surface area contributed by atoms with Crippen molar-refractivity contribution in [2.45, 2.75) is 133 Å². The SMILES string of the molecule is C[C@@H](O)[C@H](N)C(=O)N(C(=O)CCCCCN)[C@@H](CCCCN)C(=O)[N+]1(C(=O)[C@@H]2CCCN2)CCC[C@H]1C(=O)N(C(=O)OCc1ccccc1)[C@@H](CCCN=C(N)N)C(=O)O. The zero-order valence-corrected chi connectivity index (χ0v) is 34.6. The molecule has 13 N–H and O–H groups in total. The van der Waals surface area contributed by atoms with Crippen molar-refractivity contribution in [3.05, 3.63) is 35.9 Å². The van der Waals surface area contributed by atoms with E-state index in [1.807, 2.05) is 0 Å². The van der Waals surface area contributed by atoms with Crippen LogP contribution in [0.2, 0.25) is 0 Å². The number of imide groups is 3. The lowest BCUT2D eigenvalue weighted by molar-refractivity contribution is -0.784. The summed E-state index contributed by atoms with van der Waals surface area (Å²) in [7, 11) is 0. The fourth-order valence-electron chi connectivity index (χ4n) is 7.85. The summed E-state index contributed by atoms with van der Waals surface area (Å²) in [5.74, 6) is -6.50. The molecule has 2 fully saturated rings. The lowest BCUT2D eigenvalue weighted by atomic mass is 9.98. The van der Waals surface area contributed by atoms with Gasteiger partial charge in [-0.05, 0) is 89.9 Å². The number of carbonyl (C=O) groups excluding carboxylic acids is 6. The Bertz CT molecular complexity index is 1650. The topological polar surface area (TPSA) is 330 Å². The van der Waals surface area contributed by atoms with Crippen LogP contribution in [0.15, 0.2) is 35.3 Å². The van der Waals surface area contributed by atoms with Crippen LogP contribution in [0.25, 0.3) is 0 Å². The quantitative estimate of drug-likeness (QED) is 0.0299. The molecule has 2 aliphatic heterocycles. The molecule has 334 valence electrons. The van der Waals surface area contributed by atoms with Crippen LogP contribution in [0, 0.1) is 0 Å². The number of benzene rings is 1. The van der Waals surface area contributed by atoms with E-state index in [1.165, 1.54) is 6.92 Å². The van der Waals surface area contributed by atoms with Crippen molar-refractivity contribution in [3.63, 3.8) is 0 Å². The highest BCUT2D eigenvalue weighted by atomic mass is 16.6. The number of carbonyl (C=O) groups is 7. The fraction of sp³-hybridized carbons (Fsp3) is 0.650. The van der Waals surface area contributed by atoms with Crippen molar-refractivity contribution in [1.29, 1.82) is 0 Å². The standard InChI is InChI=1S/C40H64N10O10/c1-26(51)33(43)35(54)48(32(52)19-6-3-8-20-41)29(16-7-9-21-42)37(56)50(36(55)28-15-10-22-46-28)24-12-18-31(50)34(53)49(30(38(57)58)17-11-23-47-39(44)45)40(59)60-25-27-13-4-2-5-14-27/h2,4-5,13-14,26,28-31,33,46,51H,3,6-12,15-25,41-43H2,1H3,(H4-,44,45,47,57,58)/p+1/t26-,28+,29+,30+,31+,33+,50?/m1/s1. The predicted octanol–water partition coefficient (Wildman–Crippen LogP) is -0.477. The van der Waals surface area contributed by atoms with Crippen molar-refractivity contribution in [2.24, 2.45) is 33.7 Å². The van der Waals surface area contributed by atoms with Crippen LogP contribution in [0.4, 0.5) is 4.79 Å². The van der Waals surface area contributed by atoms with E-state index >= 15 is 14.4 Å².